The van der Waals surface area contributed by atoms with E-state index in [1.165, 1.54) is 7.11 Å². The summed E-state index contributed by atoms with van der Waals surface area (Å²) in [7, 11) is 1.53. The first-order chi connectivity index (χ1) is 15.1. The third-order valence-electron chi connectivity index (χ3n) is 4.90. The molecule has 32 heavy (non-hydrogen) atoms. The summed E-state index contributed by atoms with van der Waals surface area (Å²) in [6.45, 7) is 1.51. The highest BCUT2D eigenvalue weighted by Gasteiger charge is 2.31. The minimum atomic E-state index is -0.866. The molecule has 0 atom stereocenters. The van der Waals surface area contributed by atoms with Crippen LogP contribution in [0.3, 0.4) is 0 Å². The molecule has 2 aromatic rings. The maximum atomic E-state index is 10.7. The molecule has 1 aromatic carbocycles. The average molecular weight is 459 g/mol. The van der Waals surface area contributed by atoms with Crippen LogP contribution in [0.5, 0.6) is 11.5 Å². The number of fused-ring (bicyclic) bond motifs is 3. The Morgan fingerprint density at radius 3 is 2.84 bits per heavy atom. The van der Waals surface area contributed by atoms with Gasteiger partial charge in [0.05, 0.1) is 20.3 Å². The number of nitrogens with zero attached hydrogens (tertiary/aromatic N) is 4. The number of ether oxygens (including phenoxy) is 2. The smallest absolute Gasteiger partial charge is 0.303 e. The summed E-state index contributed by atoms with van der Waals surface area (Å²) in [5, 5.41) is 19.4. The van der Waals surface area contributed by atoms with Crippen LogP contribution in [-0.2, 0) is 4.79 Å². The van der Waals surface area contributed by atoms with Crippen molar-refractivity contribution in [1.82, 2.24) is 9.88 Å². The molecular weight excluding hydrogens is 436 g/mol. The van der Waals surface area contributed by atoms with Gasteiger partial charge in [-0.05, 0) is 30.7 Å². The number of hydrogen-bond donors (Lipinski definition) is 2. The minimum absolute atomic E-state index is 0. The third kappa shape index (κ3) is 4.67. The van der Waals surface area contributed by atoms with Crippen LogP contribution in [0.25, 0.3) is 5.76 Å². The van der Waals surface area contributed by atoms with Crippen molar-refractivity contribution in [3.05, 3.63) is 53.9 Å². The number of aliphatic carboxylic acids is 1. The standard InChI is InChI=1S/C22H22N4O5.ClH/c1-30-21-17(31-11-3-5-19(28)29)7-6-15-20(21)25-18(26-10-9-24-22(15)26)12-16(27)14-4-2-8-23-13-14;/h2,4,6-8,12-13,27H,3,5,9-11H2,1H3,(H,28,29);1H. The molecule has 0 bridgehead atoms. The van der Waals surface area contributed by atoms with Crippen molar-refractivity contribution >= 4 is 41.5 Å². The van der Waals surface area contributed by atoms with E-state index in [0.717, 1.165) is 11.4 Å². The summed E-state index contributed by atoms with van der Waals surface area (Å²) in [5.74, 6) is 1.38. The van der Waals surface area contributed by atoms with Gasteiger partial charge in [-0.15, -0.1) is 12.4 Å². The Bertz CT molecular complexity index is 1090. The molecule has 0 amide bonds. The van der Waals surface area contributed by atoms with Crippen LogP contribution in [0.15, 0.2) is 52.7 Å². The molecule has 3 heterocycles. The van der Waals surface area contributed by atoms with Crippen LogP contribution in [0.4, 0.5) is 5.69 Å². The lowest BCUT2D eigenvalue weighted by Crippen LogP contribution is -2.36. The summed E-state index contributed by atoms with van der Waals surface area (Å²) in [6.07, 6.45) is 5.21. The number of carboxylic acid groups (broad SMARTS) is 1. The number of hydrogen-bond acceptors (Lipinski definition) is 8. The van der Waals surface area contributed by atoms with Crippen molar-refractivity contribution in [2.45, 2.75) is 12.8 Å². The molecule has 9 nitrogen and oxygen atoms in total. The normalized spacial score (nSPS) is 14.5. The number of aliphatic hydroxyl groups excluding tert-OH is 1. The molecule has 168 valence electrons. The van der Waals surface area contributed by atoms with Gasteiger partial charge in [-0.2, -0.15) is 0 Å². The van der Waals surface area contributed by atoms with Crippen molar-refractivity contribution in [2.24, 2.45) is 9.98 Å². The number of aliphatic imine (C=N–C) groups is 2. The first-order valence-corrected chi connectivity index (χ1v) is 9.86. The number of methoxy groups -OCH3 is 1. The Labute approximate surface area is 191 Å². The van der Waals surface area contributed by atoms with Crippen molar-refractivity contribution < 1.29 is 24.5 Å². The molecule has 4 rings (SSSR count). The first kappa shape index (κ1) is 23.1. The van der Waals surface area contributed by atoms with Crippen molar-refractivity contribution in [3.63, 3.8) is 0 Å². The topological polar surface area (TPSA) is 117 Å². The molecule has 10 heteroatoms. The van der Waals surface area contributed by atoms with Gasteiger partial charge in [0, 0.05) is 42.6 Å². The Morgan fingerprint density at radius 1 is 1.28 bits per heavy atom. The third-order valence-corrected chi connectivity index (χ3v) is 4.90. The second-order valence-electron chi connectivity index (χ2n) is 6.94. The molecular formula is C22H23ClN4O5. The average Bonchev–Trinajstić information content (AvgIpc) is 3.27. The van der Waals surface area contributed by atoms with Crippen molar-refractivity contribution in [3.8, 4) is 11.5 Å². The number of halogens is 1. The highest BCUT2D eigenvalue weighted by atomic mass is 35.5. The summed E-state index contributed by atoms with van der Waals surface area (Å²) in [5.41, 5.74) is 1.95. The van der Waals surface area contributed by atoms with E-state index in [2.05, 4.69) is 9.98 Å². The molecule has 0 aliphatic carbocycles. The zero-order chi connectivity index (χ0) is 21.8. The van der Waals surface area contributed by atoms with Gasteiger partial charge in [0.15, 0.2) is 11.5 Å². The highest BCUT2D eigenvalue weighted by Crippen LogP contribution is 2.43. The monoisotopic (exact) mass is 458 g/mol. The van der Waals surface area contributed by atoms with Crippen LogP contribution in [0, 0.1) is 0 Å². The highest BCUT2D eigenvalue weighted by molar-refractivity contribution is 6.20. The molecule has 0 saturated heterocycles. The van der Waals surface area contributed by atoms with Crippen LogP contribution in [0.2, 0.25) is 0 Å². The Kier molecular flexibility index (Phi) is 7.32. The van der Waals surface area contributed by atoms with E-state index in [-0.39, 0.29) is 31.2 Å². The maximum Gasteiger partial charge on any atom is 0.303 e. The zero-order valence-corrected chi connectivity index (χ0v) is 18.2. The number of aromatic nitrogens is 1. The number of rotatable bonds is 8. The number of carboxylic acids is 1. The fourth-order valence-corrected chi connectivity index (χ4v) is 3.47. The van der Waals surface area contributed by atoms with E-state index < -0.39 is 5.97 Å². The molecule has 0 saturated carbocycles. The summed E-state index contributed by atoms with van der Waals surface area (Å²) >= 11 is 0. The number of amidine groups is 2. The maximum absolute atomic E-state index is 10.7. The van der Waals surface area contributed by atoms with Gasteiger partial charge < -0.3 is 24.6 Å². The Balaban J connectivity index is 0.00000289. The molecule has 2 aliphatic rings. The van der Waals surface area contributed by atoms with Gasteiger partial charge in [0.1, 0.15) is 23.1 Å². The first-order valence-electron chi connectivity index (χ1n) is 9.86. The summed E-state index contributed by atoms with van der Waals surface area (Å²) in [6, 6.07) is 7.16. The predicted molar refractivity (Wildman–Crippen MR) is 123 cm³/mol. The lowest BCUT2D eigenvalue weighted by atomic mass is 10.1. The van der Waals surface area contributed by atoms with E-state index in [1.54, 1.807) is 36.7 Å². The Hall–Kier alpha value is -3.59. The zero-order valence-electron chi connectivity index (χ0n) is 17.4. The second-order valence-corrected chi connectivity index (χ2v) is 6.94. The van der Waals surface area contributed by atoms with Crippen LogP contribution in [0.1, 0.15) is 24.0 Å². The van der Waals surface area contributed by atoms with Crippen molar-refractivity contribution in [1.29, 1.82) is 0 Å². The lowest BCUT2D eigenvalue weighted by molar-refractivity contribution is -0.137. The fraction of sp³-hybridized carbons (Fsp3) is 0.273. The predicted octanol–water partition coefficient (Wildman–Crippen LogP) is 3.46. The molecule has 0 unspecified atom stereocenters. The van der Waals surface area contributed by atoms with E-state index >= 15 is 0 Å². The molecule has 2 aliphatic heterocycles. The van der Waals surface area contributed by atoms with E-state index in [0.29, 0.717) is 48.1 Å². The SMILES string of the molecule is COc1c(OCCCC(=O)O)ccc2c1N=C(C=C(O)c1cccnc1)N1CCN=C21.Cl. The second kappa shape index (κ2) is 10.1. The van der Waals surface area contributed by atoms with E-state index in [1.807, 2.05) is 11.0 Å². The molecule has 0 fully saturated rings. The van der Waals surface area contributed by atoms with Crippen molar-refractivity contribution in [2.75, 3.05) is 26.8 Å². The van der Waals surface area contributed by atoms with E-state index in [4.69, 9.17) is 19.6 Å². The van der Waals surface area contributed by atoms with Gasteiger partial charge in [0.2, 0.25) is 0 Å². The fourth-order valence-electron chi connectivity index (χ4n) is 3.47. The lowest BCUT2D eigenvalue weighted by Gasteiger charge is -2.27. The van der Waals surface area contributed by atoms with E-state index in [9.17, 15) is 9.90 Å². The molecule has 0 radical (unpaired) electrons. The van der Waals surface area contributed by atoms with Crippen LogP contribution >= 0.6 is 12.4 Å². The van der Waals surface area contributed by atoms with Crippen LogP contribution in [-0.4, -0.2) is 64.5 Å². The summed E-state index contributed by atoms with van der Waals surface area (Å²) < 4.78 is 11.4. The molecule has 2 N–H and O–H groups in total. The molecule has 1 aromatic heterocycles. The van der Waals surface area contributed by atoms with Gasteiger partial charge in [-0.1, -0.05) is 0 Å². The minimum Gasteiger partial charge on any atom is -0.507 e. The van der Waals surface area contributed by atoms with Gasteiger partial charge in [0.25, 0.3) is 0 Å². The number of aliphatic hydroxyl groups is 1. The van der Waals surface area contributed by atoms with Gasteiger partial charge in [-0.25, -0.2) is 4.99 Å². The van der Waals surface area contributed by atoms with Gasteiger partial charge in [-0.3, -0.25) is 14.8 Å². The summed E-state index contributed by atoms with van der Waals surface area (Å²) in [4.78, 5) is 26.0. The number of pyridine rings is 1. The molecule has 0 spiro atoms. The quantitative estimate of drug-likeness (QED) is 0.459. The van der Waals surface area contributed by atoms with Crippen LogP contribution < -0.4 is 9.47 Å². The number of benzene rings is 1. The van der Waals surface area contributed by atoms with Gasteiger partial charge >= 0.3 is 5.97 Å². The number of carbonyl (C=O) groups is 1. The largest absolute Gasteiger partial charge is 0.507 e. The Morgan fingerprint density at radius 2 is 2.12 bits per heavy atom.